The minimum absolute atomic E-state index is 0.123. The number of alkyl halides is 5. The fraction of sp³-hybridized carbons (Fsp3) is 0.400. The minimum atomic E-state index is -5.77. The number of hydrogen-bond acceptors (Lipinski definition) is 2. The first kappa shape index (κ1) is 13.5. The molecule has 0 saturated carbocycles. The highest BCUT2D eigenvalue weighted by atomic mass is 19.4. The molecule has 0 fully saturated rings. The maximum Gasteiger partial charge on any atom is 0.499 e. The summed E-state index contributed by atoms with van der Waals surface area (Å²) in [4.78, 5) is 0. The zero-order valence-electron chi connectivity index (χ0n) is 8.72. The maximum absolute atomic E-state index is 12.6. The summed E-state index contributed by atoms with van der Waals surface area (Å²) in [6.07, 6.45) is -11.0. The predicted molar refractivity (Wildman–Crippen MR) is 49.2 cm³/mol. The molecule has 0 aliphatic rings. The monoisotopic (exact) mass is 256 g/mol. The largest absolute Gasteiger partial charge is 0.499 e. The third-order valence-corrected chi connectivity index (χ3v) is 1.72. The van der Waals surface area contributed by atoms with Crippen molar-refractivity contribution in [3.63, 3.8) is 0 Å². The lowest BCUT2D eigenvalue weighted by Gasteiger charge is -2.21. The van der Waals surface area contributed by atoms with Gasteiger partial charge in [0.2, 0.25) is 0 Å². The van der Waals surface area contributed by atoms with Gasteiger partial charge in [-0.3, -0.25) is 0 Å². The van der Waals surface area contributed by atoms with Crippen molar-refractivity contribution in [1.82, 2.24) is 0 Å². The Kier molecular flexibility index (Phi) is 3.79. The van der Waals surface area contributed by atoms with Crippen molar-refractivity contribution in [2.45, 2.75) is 19.2 Å². The molecule has 0 heterocycles. The van der Waals surface area contributed by atoms with Gasteiger partial charge in [0.25, 0.3) is 0 Å². The number of hydrogen-bond donors (Lipinski definition) is 0. The summed E-state index contributed by atoms with van der Waals surface area (Å²) in [5.41, 5.74) is 0. The molecule has 17 heavy (non-hydrogen) atoms. The highest BCUT2D eigenvalue weighted by Gasteiger charge is 2.61. The Balaban J connectivity index is 2.95. The van der Waals surface area contributed by atoms with E-state index in [1.165, 1.54) is 18.2 Å². The van der Waals surface area contributed by atoms with Gasteiger partial charge in [-0.2, -0.15) is 22.0 Å². The summed E-state index contributed by atoms with van der Waals surface area (Å²) in [5.74, 6) is -0.824. The van der Waals surface area contributed by atoms with Crippen LogP contribution >= 0.6 is 0 Å². The molecule has 1 rings (SSSR count). The second-order valence-corrected chi connectivity index (χ2v) is 3.00. The molecule has 1 aromatic carbocycles. The first-order valence-corrected chi connectivity index (χ1v) is 4.63. The van der Waals surface area contributed by atoms with Crippen LogP contribution in [0.5, 0.6) is 11.5 Å². The van der Waals surface area contributed by atoms with Crippen LogP contribution in [0.1, 0.15) is 6.92 Å². The molecule has 0 aliphatic carbocycles. The molecule has 0 amide bonds. The third kappa shape index (κ3) is 3.21. The average Bonchev–Trinajstić information content (AvgIpc) is 2.19. The minimum Gasteiger partial charge on any atom is -0.490 e. The van der Waals surface area contributed by atoms with Crippen molar-refractivity contribution in [1.29, 1.82) is 0 Å². The normalized spacial score (nSPS) is 12.4. The van der Waals surface area contributed by atoms with E-state index in [-0.39, 0.29) is 12.4 Å². The van der Waals surface area contributed by atoms with Crippen LogP contribution in [0, 0.1) is 0 Å². The molecule has 0 aromatic heterocycles. The van der Waals surface area contributed by atoms with Gasteiger partial charge in [0, 0.05) is 0 Å². The van der Waals surface area contributed by atoms with Gasteiger partial charge in [0.1, 0.15) is 0 Å². The Hall–Kier alpha value is -1.53. The van der Waals surface area contributed by atoms with Gasteiger partial charge in [-0.1, -0.05) is 12.1 Å². The van der Waals surface area contributed by atoms with Gasteiger partial charge < -0.3 is 9.47 Å². The van der Waals surface area contributed by atoms with Gasteiger partial charge in [-0.25, -0.2) is 0 Å². The SMILES string of the molecule is CCOc1ccccc1OC(F)(F)C(F)(F)F. The molecule has 0 aliphatic heterocycles. The standard InChI is InChI=1S/C10H9F5O2/c1-2-16-7-5-3-4-6-8(7)17-10(14,15)9(11,12)13/h3-6H,2H2,1H3. The second-order valence-electron chi connectivity index (χ2n) is 3.00. The van der Waals surface area contributed by atoms with Crippen molar-refractivity contribution in [2.75, 3.05) is 6.61 Å². The summed E-state index contributed by atoms with van der Waals surface area (Å²) in [5, 5.41) is 0. The van der Waals surface area contributed by atoms with Gasteiger partial charge in [-0.05, 0) is 19.1 Å². The van der Waals surface area contributed by atoms with Gasteiger partial charge in [0.15, 0.2) is 11.5 Å². The number of benzene rings is 1. The summed E-state index contributed by atoms with van der Waals surface area (Å²) >= 11 is 0. The summed E-state index contributed by atoms with van der Waals surface area (Å²) in [6, 6.07) is 4.92. The van der Waals surface area contributed by atoms with Gasteiger partial charge >= 0.3 is 12.3 Å². The number of ether oxygens (including phenoxy) is 2. The molecule has 2 nitrogen and oxygen atoms in total. The zero-order chi connectivity index (χ0) is 13.1. The van der Waals surface area contributed by atoms with Crippen LogP contribution in [0.3, 0.4) is 0 Å². The van der Waals surface area contributed by atoms with Crippen LogP contribution < -0.4 is 9.47 Å². The lowest BCUT2D eigenvalue weighted by Crippen LogP contribution is -2.41. The lowest BCUT2D eigenvalue weighted by atomic mass is 10.3. The van der Waals surface area contributed by atoms with Crippen molar-refractivity contribution < 1.29 is 31.4 Å². The van der Waals surface area contributed by atoms with E-state index in [4.69, 9.17) is 4.74 Å². The molecule has 0 bridgehead atoms. The summed E-state index contributed by atoms with van der Waals surface area (Å²) < 4.78 is 69.6. The molecule has 0 unspecified atom stereocenters. The van der Waals surface area contributed by atoms with Crippen LogP contribution in [-0.2, 0) is 0 Å². The maximum atomic E-state index is 12.6. The molecule has 96 valence electrons. The molecule has 7 heteroatoms. The molecule has 0 saturated heterocycles. The van der Waals surface area contributed by atoms with Crippen LogP contribution in [0.2, 0.25) is 0 Å². The van der Waals surface area contributed by atoms with Crippen LogP contribution in [0.4, 0.5) is 22.0 Å². The first-order chi connectivity index (χ1) is 7.78. The Morgan fingerprint density at radius 2 is 1.53 bits per heavy atom. The molecule has 0 spiro atoms. The van der Waals surface area contributed by atoms with E-state index in [0.717, 1.165) is 6.07 Å². The fourth-order valence-corrected chi connectivity index (χ4v) is 1.01. The predicted octanol–water partition coefficient (Wildman–Crippen LogP) is 3.62. The van der Waals surface area contributed by atoms with E-state index in [2.05, 4.69) is 4.74 Å². The zero-order valence-corrected chi connectivity index (χ0v) is 8.72. The molecule has 0 N–H and O–H groups in total. The Labute approximate surface area is 93.9 Å². The summed E-state index contributed by atoms with van der Waals surface area (Å²) in [7, 11) is 0. The highest BCUT2D eigenvalue weighted by Crippen LogP contribution is 2.39. The third-order valence-electron chi connectivity index (χ3n) is 1.72. The Bertz CT molecular complexity index is 375. The molecule has 0 radical (unpaired) electrons. The molecule has 0 atom stereocenters. The quantitative estimate of drug-likeness (QED) is 0.766. The number of rotatable bonds is 4. The van der Waals surface area contributed by atoms with Crippen molar-refractivity contribution in [2.24, 2.45) is 0 Å². The van der Waals surface area contributed by atoms with Crippen molar-refractivity contribution in [3.05, 3.63) is 24.3 Å². The lowest BCUT2D eigenvalue weighted by molar-refractivity contribution is -0.360. The van der Waals surface area contributed by atoms with Gasteiger partial charge in [0.05, 0.1) is 6.61 Å². The van der Waals surface area contributed by atoms with Gasteiger partial charge in [-0.15, -0.1) is 0 Å². The van der Waals surface area contributed by atoms with Crippen LogP contribution in [0.25, 0.3) is 0 Å². The Morgan fingerprint density at radius 3 is 2.00 bits per heavy atom. The fourth-order valence-electron chi connectivity index (χ4n) is 1.01. The van der Waals surface area contributed by atoms with E-state index in [1.54, 1.807) is 6.92 Å². The number of para-hydroxylation sites is 2. The van der Waals surface area contributed by atoms with Crippen molar-refractivity contribution in [3.8, 4) is 11.5 Å². The van der Waals surface area contributed by atoms with E-state index < -0.39 is 18.0 Å². The first-order valence-electron chi connectivity index (χ1n) is 4.63. The van der Waals surface area contributed by atoms with E-state index in [0.29, 0.717) is 0 Å². The molecular formula is C10H9F5O2. The smallest absolute Gasteiger partial charge is 0.490 e. The molecular weight excluding hydrogens is 247 g/mol. The van der Waals surface area contributed by atoms with Crippen molar-refractivity contribution >= 4 is 0 Å². The topological polar surface area (TPSA) is 18.5 Å². The van der Waals surface area contributed by atoms with Crippen LogP contribution in [0.15, 0.2) is 24.3 Å². The summed E-state index contributed by atoms with van der Waals surface area (Å²) in [6.45, 7) is 1.69. The van der Waals surface area contributed by atoms with Crippen LogP contribution in [-0.4, -0.2) is 18.9 Å². The van der Waals surface area contributed by atoms with E-state index >= 15 is 0 Å². The number of halogens is 5. The second kappa shape index (κ2) is 4.77. The highest BCUT2D eigenvalue weighted by molar-refractivity contribution is 5.39. The Morgan fingerprint density at radius 1 is 1.00 bits per heavy atom. The van der Waals surface area contributed by atoms with E-state index in [1.807, 2.05) is 0 Å². The average molecular weight is 256 g/mol. The van der Waals surface area contributed by atoms with E-state index in [9.17, 15) is 22.0 Å². The molecule has 1 aromatic rings.